The smallest absolute Gasteiger partial charge is 0.145 e. The van der Waals surface area contributed by atoms with Crippen molar-refractivity contribution in [3.8, 4) is 5.75 Å². The SMILES string of the molecule is NCc1cccc(COc2cc(F)c(Cl)cc2Br)n1. The van der Waals surface area contributed by atoms with Crippen LogP contribution >= 0.6 is 27.5 Å². The average Bonchev–Trinajstić information content (AvgIpc) is 2.41. The van der Waals surface area contributed by atoms with Gasteiger partial charge in [-0.2, -0.15) is 0 Å². The van der Waals surface area contributed by atoms with Crippen LogP contribution in [0.3, 0.4) is 0 Å². The molecular formula is C13H11BrClFN2O. The van der Waals surface area contributed by atoms with Gasteiger partial charge in [0.1, 0.15) is 18.2 Å². The Hall–Kier alpha value is -1.17. The molecular weight excluding hydrogens is 335 g/mol. The standard InChI is InChI=1S/C13H11BrClFN2O/c14-10-4-11(15)12(16)5-13(10)19-7-9-3-1-2-8(6-17)18-9/h1-5H,6-7,17H2. The number of nitrogens with two attached hydrogens (primary N) is 1. The van der Waals surface area contributed by atoms with Gasteiger partial charge in [0.25, 0.3) is 0 Å². The third kappa shape index (κ3) is 3.65. The van der Waals surface area contributed by atoms with E-state index >= 15 is 0 Å². The minimum Gasteiger partial charge on any atom is -0.486 e. The molecule has 2 aromatic rings. The van der Waals surface area contributed by atoms with Gasteiger partial charge < -0.3 is 10.5 Å². The summed E-state index contributed by atoms with van der Waals surface area (Å²) in [7, 11) is 0. The maximum atomic E-state index is 13.3. The lowest BCUT2D eigenvalue weighted by Gasteiger charge is -2.09. The normalized spacial score (nSPS) is 10.5. The van der Waals surface area contributed by atoms with Crippen molar-refractivity contribution in [2.45, 2.75) is 13.2 Å². The molecule has 19 heavy (non-hydrogen) atoms. The quantitative estimate of drug-likeness (QED) is 0.860. The minimum absolute atomic E-state index is 0.0440. The zero-order valence-corrected chi connectivity index (χ0v) is 12.2. The molecule has 0 unspecified atom stereocenters. The Labute approximate surface area is 123 Å². The number of ether oxygens (including phenoxy) is 1. The Morgan fingerprint density at radius 2 is 2.05 bits per heavy atom. The first-order valence-electron chi connectivity index (χ1n) is 5.52. The molecule has 3 nitrogen and oxygen atoms in total. The van der Waals surface area contributed by atoms with Crippen molar-refractivity contribution in [3.05, 3.63) is 57.0 Å². The van der Waals surface area contributed by atoms with E-state index in [1.54, 1.807) is 0 Å². The second-order valence-corrected chi connectivity index (χ2v) is 5.07. The molecule has 2 rings (SSSR count). The largest absolute Gasteiger partial charge is 0.486 e. The maximum Gasteiger partial charge on any atom is 0.145 e. The lowest BCUT2D eigenvalue weighted by Crippen LogP contribution is -2.04. The molecule has 0 atom stereocenters. The first-order valence-corrected chi connectivity index (χ1v) is 6.69. The summed E-state index contributed by atoms with van der Waals surface area (Å²) >= 11 is 8.92. The number of hydrogen-bond donors (Lipinski definition) is 1. The molecule has 0 saturated heterocycles. The summed E-state index contributed by atoms with van der Waals surface area (Å²) in [5.74, 6) is -0.148. The van der Waals surface area contributed by atoms with Gasteiger partial charge in [-0.3, -0.25) is 4.98 Å². The van der Waals surface area contributed by atoms with Crippen molar-refractivity contribution in [3.63, 3.8) is 0 Å². The van der Waals surface area contributed by atoms with Gasteiger partial charge in [0.15, 0.2) is 0 Å². The molecule has 2 N–H and O–H groups in total. The Kier molecular flexibility index (Phi) is 4.74. The molecule has 1 aromatic heterocycles. The number of rotatable bonds is 4. The monoisotopic (exact) mass is 344 g/mol. The zero-order valence-electron chi connectivity index (χ0n) is 9.87. The van der Waals surface area contributed by atoms with E-state index < -0.39 is 5.82 Å². The number of halogens is 3. The molecule has 0 aliphatic rings. The van der Waals surface area contributed by atoms with Crippen molar-refractivity contribution >= 4 is 27.5 Å². The van der Waals surface area contributed by atoms with E-state index in [9.17, 15) is 4.39 Å². The van der Waals surface area contributed by atoms with Gasteiger partial charge >= 0.3 is 0 Å². The van der Waals surface area contributed by atoms with Crippen molar-refractivity contribution < 1.29 is 9.13 Å². The van der Waals surface area contributed by atoms with E-state index in [1.807, 2.05) is 18.2 Å². The van der Waals surface area contributed by atoms with Crippen LogP contribution < -0.4 is 10.5 Å². The summed E-state index contributed by atoms with van der Waals surface area (Å²) in [6.07, 6.45) is 0. The van der Waals surface area contributed by atoms with Crippen molar-refractivity contribution in [1.82, 2.24) is 4.98 Å². The zero-order chi connectivity index (χ0) is 13.8. The fourth-order valence-electron chi connectivity index (χ4n) is 1.49. The number of nitrogens with zero attached hydrogens (tertiary/aromatic N) is 1. The molecule has 0 bridgehead atoms. The van der Waals surface area contributed by atoms with E-state index in [0.717, 1.165) is 11.4 Å². The van der Waals surface area contributed by atoms with Crippen LogP contribution in [0.15, 0.2) is 34.8 Å². The lowest BCUT2D eigenvalue weighted by atomic mass is 10.3. The lowest BCUT2D eigenvalue weighted by molar-refractivity contribution is 0.297. The average molecular weight is 346 g/mol. The van der Waals surface area contributed by atoms with Crippen LogP contribution in [0.1, 0.15) is 11.4 Å². The van der Waals surface area contributed by atoms with Crippen molar-refractivity contribution in [2.75, 3.05) is 0 Å². The number of hydrogen-bond acceptors (Lipinski definition) is 3. The van der Waals surface area contributed by atoms with Gasteiger partial charge in [0.2, 0.25) is 0 Å². The van der Waals surface area contributed by atoms with E-state index in [2.05, 4.69) is 20.9 Å². The Morgan fingerprint density at radius 3 is 2.79 bits per heavy atom. The highest BCUT2D eigenvalue weighted by atomic mass is 79.9. The molecule has 0 spiro atoms. The molecule has 0 radical (unpaired) electrons. The highest BCUT2D eigenvalue weighted by Crippen LogP contribution is 2.30. The maximum absolute atomic E-state index is 13.3. The fourth-order valence-corrected chi connectivity index (χ4v) is 2.24. The van der Waals surface area contributed by atoms with Crippen molar-refractivity contribution in [2.24, 2.45) is 5.73 Å². The highest BCUT2D eigenvalue weighted by molar-refractivity contribution is 9.10. The highest BCUT2D eigenvalue weighted by Gasteiger charge is 2.08. The minimum atomic E-state index is -0.525. The third-order valence-corrected chi connectivity index (χ3v) is 3.33. The second-order valence-electron chi connectivity index (χ2n) is 3.81. The summed E-state index contributed by atoms with van der Waals surface area (Å²) in [6, 6.07) is 8.20. The van der Waals surface area contributed by atoms with Crippen LogP contribution in [0.5, 0.6) is 5.75 Å². The first kappa shape index (κ1) is 14.2. The van der Waals surface area contributed by atoms with Gasteiger partial charge in [-0.1, -0.05) is 17.7 Å². The van der Waals surface area contributed by atoms with E-state index in [0.29, 0.717) is 16.8 Å². The molecule has 6 heteroatoms. The van der Waals surface area contributed by atoms with Gasteiger partial charge in [-0.25, -0.2) is 4.39 Å². The third-order valence-electron chi connectivity index (χ3n) is 2.42. The molecule has 100 valence electrons. The summed E-state index contributed by atoms with van der Waals surface area (Å²) in [6.45, 7) is 0.598. The number of pyridine rings is 1. The Morgan fingerprint density at radius 1 is 1.32 bits per heavy atom. The van der Waals surface area contributed by atoms with Crippen LogP contribution in [0.25, 0.3) is 0 Å². The van der Waals surface area contributed by atoms with Crippen LogP contribution in [-0.2, 0) is 13.2 Å². The molecule has 1 heterocycles. The van der Waals surface area contributed by atoms with Crippen LogP contribution in [0.2, 0.25) is 5.02 Å². The van der Waals surface area contributed by atoms with Crippen LogP contribution in [-0.4, -0.2) is 4.98 Å². The Balaban J connectivity index is 2.12. The summed E-state index contributed by atoms with van der Waals surface area (Å²) in [5, 5.41) is 0.0440. The fraction of sp³-hybridized carbons (Fsp3) is 0.154. The first-order chi connectivity index (χ1) is 9.10. The molecule has 0 fully saturated rings. The van der Waals surface area contributed by atoms with Gasteiger partial charge in [-0.05, 0) is 34.1 Å². The summed E-state index contributed by atoms with van der Waals surface area (Å²) in [4.78, 5) is 4.29. The predicted octanol–water partition coefficient (Wildman–Crippen LogP) is 3.67. The van der Waals surface area contributed by atoms with Gasteiger partial charge in [0.05, 0.1) is 20.9 Å². The van der Waals surface area contributed by atoms with E-state index in [-0.39, 0.29) is 11.6 Å². The summed E-state index contributed by atoms with van der Waals surface area (Å²) < 4.78 is 19.4. The second kappa shape index (κ2) is 6.32. The number of benzene rings is 1. The van der Waals surface area contributed by atoms with Gasteiger partial charge in [-0.15, -0.1) is 0 Å². The van der Waals surface area contributed by atoms with Crippen molar-refractivity contribution in [1.29, 1.82) is 0 Å². The molecule has 1 aromatic carbocycles. The number of aromatic nitrogens is 1. The van der Waals surface area contributed by atoms with Crippen LogP contribution in [0, 0.1) is 5.82 Å². The van der Waals surface area contributed by atoms with Crippen LogP contribution in [0.4, 0.5) is 4.39 Å². The molecule has 0 aliphatic carbocycles. The molecule has 0 aliphatic heterocycles. The summed E-state index contributed by atoms with van der Waals surface area (Å²) in [5.41, 5.74) is 7.02. The van der Waals surface area contributed by atoms with E-state index in [1.165, 1.54) is 12.1 Å². The van der Waals surface area contributed by atoms with E-state index in [4.69, 9.17) is 22.1 Å². The predicted molar refractivity (Wildman–Crippen MR) is 75.6 cm³/mol. The molecule has 0 saturated carbocycles. The topological polar surface area (TPSA) is 48.1 Å². The van der Waals surface area contributed by atoms with Gasteiger partial charge in [0, 0.05) is 12.6 Å². The molecule has 0 amide bonds. The Bertz CT molecular complexity index is 595.